The Kier molecular flexibility index (Phi) is 9.19. The summed E-state index contributed by atoms with van der Waals surface area (Å²) in [6.45, 7) is 9.30. The second kappa shape index (κ2) is 11.6. The van der Waals surface area contributed by atoms with Gasteiger partial charge in [0.15, 0.2) is 5.78 Å². The largest absolute Gasteiger partial charge is 0.445 e. The lowest BCUT2D eigenvalue weighted by molar-refractivity contribution is -0.131. The van der Waals surface area contributed by atoms with Crippen LogP contribution in [0, 0.1) is 5.92 Å². The molecule has 0 saturated carbocycles. The number of rotatable bonds is 7. The quantitative estimate of drug-likeness (QED) is 0.637. The summed E-state index contributed by atoms with van der Waals surface area (Å²) in [5, 5.41) is 5.31. The summed E-state index contributed by atoms with van der Waals surface area (Å²) < 4.78 is 10.5. The lowest BCUT2D eigenvalue weighted by Crippen LogP contribution is -2.57. The fourth-order valence-electron chi connectivity index (χ4n) is 3.25. The smallest absolute Gasteiger partial charge is 0.410 e. The molecule has 1 aliphatic heterocycles. The van der Waals surface area contributed by atoms with Gasteiger partial charge in [0.25, 0.3) is 0 Å². The minimum absolute atomic E-state index is 0.0476. The number of pyridine rings is 1. The van der Waals surface area contributed by atoms with Gasteiger partial charge in [0.1, 0.15) is 18.2 Å². The number of alkyl carbamates (subject to hydrolysis) is 1. The molecule has 2 atom stereocenters. The first-order valence-electron chi connectivity index (χ1n) is 11.1. The Labute approximate surface area is 194 Å². The highest BCUT2D eigenvalue weighted by Crippen LogP contribution is 2.15. The van der Waals surface area contributed by atoms with Gasteiger partial charge in [-0.1, -0.05) is 13.8 Å². The van der Waals surface area contributed by atoms with Gasteiger partial charge in [-0.25, -0.2) is 9.59 Å². The van der Waals surface area contributed by atoms with Crippen molar-refractivity contribution in [2.75, 3.05) is 13.1 Å². The van der Waals surface area contributed by atoms with E-state index in [0.29, 0.717) is 6.42 Å². The molecule has 0 aliphatic carbocycles. The van der Waals surface area contributed by atoms with Crippen LogP contribution in [0.4, 0.5) is 9.59 Å². The minimum Gasteiger partial charge on any atom is -0.445 e. The van der Waals surface area contributed by atoms with Crippen LogP contribution in [0.1, 0.15) is 53.0 Å². The van der Waals surface area contributed by atoms with Gasteiger partial charge in [-0.2, -0.15) is 0 Å². The Balaban J connectivity index is 1.90. The molecule has 1 aliphatic rings. The van der Waals surface area contributed by atoms with E-state index < -0.39 is 35.8 Å². The summed E-state index contributed by atoms with van der Waals surface area (Å²) in [7, 11) is 0. The Hall–Kier alpha value is -3.17. The molecule has 1 unspecified atom stereocenters. The van der Waals surface area contributed by atoms with Crippen LogP contribution in [0.3, 0.4) is 0 Å². The Morgan fingerprint density at radius 1 is 1.21 bits per heavy atom. The number of aromatic nitrogens is 1. The molecule has 2 N–H and O–H groups in total. The van der Waals surface area contributed by atoms with Gasteiger partial charge < -0.3 is 25.0 Å². The molecule has 0 radical (unpaired) electrons. The number of carbonyl (C=O) groups is 4. The summed E-state index contributed by atoms with van der Waals surface area (Å²) in [4.78, 5) is 55.1. The van der Waals surface area contributed by atoms with E-state index in [1.807, 2.05) is 13.8 Å². The normalized spacial score (nSPS) is 17.3. The molecule has 2 rings (SSSR count). The molecular weight excluding hydrogens is 428 g/mol. The summed E-state index contributed by atoms with van der Waals surface area (Å²) in [6, 6.07) is 1.86. The van der Waals surface area contributed by atoms with E-state index in [1.165, 1.54) is 4.90 Å². The number of piperidine rings is 1. The summed E-state index contributed by atoms with van der Waals surface area (Å²) in [5.41, 5.74) is 0.111. The lowest BCUT2D eigenvalue weighted by Gasteiger charge is -2.33. The van der Waals surface area contributed by atoms with Crippen LogP contribution >= 0.6 is 0 Å². The average molecular weight is 463 g/mol. The van der Waals surface area contributed by atoms with E-state index >= 15 is 0 Å². The molecule has 1 fully saturated rings. The van der Waals surface area contributed by atoms with E-state index in [9.17, 15) is 19.2 Å². The standard InChI is InChI=1S/C23H34N4O6/c1-15(2)12-18(26-21(30)32-14-16-6-9-24-10-7-16)20(29)25-17-8-11-27(13-19(17)28)22(31)33-23(3,4)5/h6-7,9-10,15,17-18H,8,11-14H2,1-5H3,(H,25,29)(H,26,30)/t17?,18-/m0/s1. The maximum atomic E-state index is 12.9. The molecule has 10 heteroatoms. The number of hydrogen-bond donors (Lipinski definition) is 2. The molecular formula is C23H34N4O6. The fourth-order valence-corrected chi connectivity index (χ4v) is 3.25. The summed E-state index contributed by atoms with van der Waals surface area (Å²) in [5.74, 6) is -0.636. The van der Waals surface area contributed by atoms with Crippen molar-refractivity contribution in [2.24, 2.45) is 5.92 Å². The van der Waals surface area contributed by atoms with Crippen LogP contribution in [0.2, 0.25) is 0 Å². The van der Waals surface area contributed by atoms with Crippen LogP contribution in [-0.2, 0) is 25.7 Å². The number of hydrogen-bond acceptors (Lipinski definition) is 7. The predicted octanol–water partition coefficient (Wildman–Crippen LogP) is 2.42. The number of Topliss-reactive ketones (excluding diaryl/α,β-unsaturated/α-hetero) is 1. The number of ether oxygens (including phenoxy) is 2. The summed E-state index contributed by atoms with van der Waals surface area (Å²) in [6.07, 6.45) is 2.55. The Morgan fingerprint density at radius 2 is 1.88 bits per heavy atom. The molecule has 1 saturated heterocycles. The molecule has 1 aromatic heterocycles. The first kappa shape index (κ1) is 26.1. The van der Waals surface area contributed by atoms with E-state index in [0.717, 1.165) is 5.56 Å². The molecule has 2 heterocycles. The third-order valence-electron chi connectivity index (χ3n) is 4.83. The number of nitrogens with one attached hydrogen (secondary N) is 2. The van der Waals surface area contributed by atoms with Crippen molar-refractivity contribution in [1.29, 1.82) is 0 Å². The van der Waals surface area contributed by atoms with E-state index in [4.69, 9.17) is 9.47 Å². The van der Waals surface area contributed by atoms with Crippen molar-refractivity contribution < 1.29 is 28.7 Å². The second-order valence-corrected chi connectivity index (χ2v) is 9.48. The molecule has 0 bridgehead atoms. The zero-order valence-corrected chi connectivity index (χ0v) is 19.9. The Bertz CT molecular complexity index is 837. The Morgan fingerprint density at radius 3 is 2.45 bits per heavy atom. The highest BCUT2D eigenvalue weighted by Gasteiger charge is 2.34. The van der Waals surface area contributed by atoms with Crippen LogP contribution < -0.4 is 10.6 Å². The van der Waals surface area contributed by atoms with Crippen molar-refractivity contribution in [1.82, 2.24) is 20.5 Å². The van der Waals surface area contributed by atoms with Gasteiger partial charge in [-0.05, 0) is 57.2 Å². The van der Waals surface area contributed by atoms with E-state index in [1.54, 1.807) is 45.3 Å². The van der Waals surface area contributed by atoms with Crippen LogP contribution in [-0.4, -0.2) is 64.5 Å². The van der Waals surface area contributed by atoms with E-state index in [2.05, 4.69) is 15.6 Å². The highest BCUT2D eigenvalue weighted by atomic mass is 16.6. The van der Waals surface area contributed by atoms with Crippen molar-refractivity contribution in [2.45, 2.75) is 71.8 Å². The number of carbonyl (C=O) groups excluding carboxylic acids is 4. The lowest BCUT2D eigenvalue weighted by atomic mass is 10.0. The second-order valence-electron chi connectivity index (χ2n) is 9.48. The molecule has 3 amide bonds. The van der Waals surface area contributed by atoms with Gasteiger partial charge in [0.05, 0.1) is 12.6 Å². The zero-order valence-electron chi connectivity index (χ0n) is 19.9. The van der Waals surface area contributed by atoms with Gasteiger partial charge >= 0.3 is 12.2 Å². The number of nitrogens with zero attached hydrogens (tertiary/aromatic N) is 2. The molecule has 33 heavy (non-hydrogen) atoms. The molecule has 182 valence electrons. The van der Waals surface area contributed by atoms with Crippen molar-refractivity contribution >= 4 is 23.9 Å². The van der Waals surface area contributed by atoms with Crippen LogP contribution in [0.25, 0.3) is 0 Å². The maximum Gasteiger partial charge on any atom is 0.410 e. The van der Waals surface area contributed by atoms with Crippen molar-refractivity contribution in [3.63, 3.8) is 0 Å². The SMILES string of the molecule is CC(C)C[C@H](NC(=O)OCc1ccncc1)C(=O)NC1CCN(C(=O)OC(C)(C)C)CC1=O. The molecule has 10 nitrogen and oxygen atoms in total. The minimum atomic E-state index is -0.855. The molecule has 0 aromatic carbocycles. The molecule has 0 spiro atoms. The van der Waals surface area contributed by atoms with Crippen molar-refractivity contribution in [3.8, 4) is 0 Å². The first-order valence-corrected chi connectivity index (χ1v) is 11.1. The maximum absolute atomic E-state index is 12.9. The monoisotopic (exact) mass is 462 g/mol. The third kappa shape index (κ3) is 9.07. The predicted molar refractivity (Wildman–Crippen MR) is 120 cm³/mol. The topological polar surface area (TPSA) is 127 Å². The van der Waals surface area contributed by atoms with Crippen LogP contribution in [0.5, 0.6) is 0 Å². The number of likely N-dealkylation sites (tertiary alicyclic amines) is 1. The van der Waals surface area contributed by atoms with Gasteiger partial charge in [-0.15, -0.1) is 0 Å². The summed E-state index contributed by atoms with van der Waals surface area (Å²) >= 11 is 0. The zero-order chi connectivity index (χ0) is 24.6. The van der Waals surface area contributed by atoms with E-state index in [-0.39, 0.29) is 37.8 Å². The van der Waals surface area contributed by atoms with Gasteiger partial charge in [-0.3, -0.25) is 14.6 Å². The number of ketones is 1. The fraction of sp³-hybridized carbons (Fsp3) is 0.609. The van der Waals surface area contributed by atoms with Gasteiger partial charge in [0.2, 0.25) is 5.91 Å². The third-order valence-corrected chi connectivity index (χ3v) is 4.83. The average Bonchev–Trinajstić information content (AvgIpc) is 2.72. The first-order chi connectivity index (χ1) is 15.4. The van der Waals surface area contributed by atoms with Crippen LogP contribution in [0.15, 0.2) is 24.5 Å². The van der Waals surface area contributed by atoms with Crippen molar-refractivity contribution in [3.05, 3.63) is 30.1 Å². The molecule has 1 aromatic rings. The van der Waals surface area contributed by atoms with Gasteiger partial charge in [0, 0.05) is 18.9 Å². The highest BCUT2D eigenvalue weighted by molar-refractivity contribution is 5.94. The number of amides is 3.